The fourth-order valence-electron chi connectivity index (χ4n) is 2.77. The molecule has 1 saturated heterocycles. The fourth-order valence-corrected chi connectivity index (χ4v) is 2.77. The van der Waals surface area contributed by atoms with Crippen LogP contribution in [0.3, 0.4) is 0 Å². The topological polar surface area (TPSA) is 70.7 Å². The van der Waals surface area contributed by atoms with E-state index < -0.39 is 0 Å². The second-order valence-corrected chi connectivity index (χ2v) is 6.52. The Kier molecular flexibility index (Phi) is 6.46. The highest BCUT2D eigenvalue weighted by molar-refractivity contribution is 5.89. The summed E-state index contributed by atoms with van der Waals surface area (Å²) in [5, 5.41) is 5.87. The lowest BCUT2D eigenvalue weighted by atomic mass is 9.98. The smallest absolute Gasteiger partial charge is 0.321 e. The van der Waals surface area contributed by atoms with Crippen molar-refractivity contribution in [3.8, 4) is 5.75 Å². The third-order valence-electron chi connectivity index (χ3n) is 4.22. The van der Waals surface area contributed by atoms with Gasteiger partial charge in [-0.25, -0.2) is 4.79 Å². The van der Waals surface area contributed by atoms with Crippen molar-refractivity contribution < 1.29 is 14.3 Å². The Bertz CT molecular complexity index is 574. The first-order valence-corrected chi connectivity index (χ1v) is 8.47. The normalized spacial score (nSPS) is 17.5. The molecule has 1 aromatic carbocycles. The van der Waals surface area contributed by atoms with Crippen LogP contribution in [0, 0.1) is 11.8 Å². The summed E-state index contributed by atoms with van der Waals surface area (Å²) in [6.45, 7) is 5.78. The molecule has 1 aromatic rings. The Hall–Kier alpha value is -2.24. The maximum atomic E-state index is 12.4. The fraction of sp³-hybridized carbons (Fsp3) is 0.556. The molecule has 2 rings (SSSR count). The van der Waals surface area contributed by atoms with Crippen molar-refractivity contribution in [2.24, 2.45) is 11.8 Å². The van der Waals surface area contributed by atoms with Gasteiger partial charge in [-0.1, -0.05) is 19.9 Å². The summed E-state index contributed by atoms with van der Waals surface area (Å²) >= 11 is 0. The van der Waals surface area contributed by atoms with Crippen molar-refractivity contribution >= 4 is 17.6 Å². The number of nitrogens with zero attached hydrogens (tertiary/aromatic N) is 1. The monoisotopic (exact) mass is 333 g/mol. The molecule has 0 saturated carbocycles. The van der Waals surface area contributed by atoms with Crippen molar-refractivity contribution in [1.82, 2.24) is 10.2 Å². The van der Waals surface area contributed by atoms with E-state index in [0.29, 0.717) is 24.8 Å². The lowest BCUT2D eigenvalue weighted by Gasteiger charge is -2.33. The summed E-state index contributed by atoms with van der Waals surface area (Å²) in [6.07, 6.45) is 1.98. The van der Waals surface area contributed by atoms with Gasteiger partial charge >= 0.3 is 6.03 Å². The molecule has 0 spiro atoms. The molecule has 0 aromatic heterocycles. The number of amides is 3. The van der Waals surface area contributed by atoms with Crippen LogP contribution in [0.2, 0.25) is 0 Å². The van der Waals surface area contributed by atoms with Gasteiger partial charge in [-0.2, -0.15) is 0 Å². The van der Waals surface area contributed by atoms with E-state index in [1.54, 1.807) is 13.2 Å². The average Bonchev–Trinajstić information content (AvgIpc) is 2.59. The summed E-state index contributed by atoms with van der Waals surface area (Å²) in [5.41, 5.74) is 0.717. The predicted molar refractivity (Wildman–Crippen MR) is 94.2 cm³/mol. The molecule has 1 aliphatic rings. The lowest BCUT2D eigenvalue weighted by Crippen LogP contribution is -2.45. The molecule has 0 radical (unpaired) electrons. The van der Waals surface area contributed by atoms with E-state index in [1.807, 2.05) is 36.9 Å². The Morgan fingerprint density at radius 3 is 2.88 bits per heavy atom. The van der Waals surface area contributed by atoms with E-state index in [4.69, 9.17) is 4.74 Å². The number of piperidine rings is 1. The van der Waals surface area contributed by atoms with Crippen LogP contribution in [0.25, 0.3) is 0 Å². The molecule has 6 heteroatoms. The number of ether oxygens (including phenoxy) is 1. The van der Waals surface area contributed by atoms with Gasteiger partial charge < -0.3 is 20.3 Å². The van der Waals surface area contributed by atoms with Crippen molar-refractivity contribution in [2.45, 2.75) is 26.7 Å². The maximum Gasteiger partial charge on any atom is 0.321 e. The minimum atomic E-state index is -0.108. The predicted octanol–water partition coefficient (Wildman–Crippen LogP) is 2.71. The zero-order chi connectivity index (χ0) is 17.5. The number of benzene rings is 1. The highest BCUT2D eigenvalue weighted by atomic mass is 16.5. The highest BCUT2D eigenvalue weighted by Crippen LogP contribution is 2.20. The highest BCUT2D eigenvalue weighted by Gasteiger charge is 2.24. The van der Waals surface area contributed by atoms with Gasteiger partial charge in [0.05, 0.1) is 7.11 Å². The van der Waals surface area contributed by atoms with Crippen LogP contribution in [0.5, 0.6) is 5.75 Å². The molecule has 1 aliphatic heterocycles. The van der Waals surface area contributed by atoms with Crippen molar-refractivity contribution in [3.05, 3.63) is 24.3 Å². The molecule has 6 nitrogen and oxygen atoms in total. The number of likely N-dealkylation sites (tertiary alicyclic amines) is 1. The summed E-state index contributed by atoms with van der Waals surface area (Å²) in [6, 6.07) is 7.20. The molecule has 1 fully saturated rings. The third kappa shape index (κ3) is 5.15. The zero-order valence-electron chi connectivity index (χ0n) is 14.7. The van der Waals surface area contributed by atoms with E-state index in [1.165, 1.54) is 0 Å². The van der Waals surface area contributed by atoms with Gasteiger partial charge in [0, 0.05) is 37.3 Å². The number of urea groups is 1. The minimum Gasteiger partial charge on any atom is -0.497 e. The Morgan fingerprint density at radius 2 is 2.17 bits per heavy atom. The van der Waals surface area contributed by atoms with Crippen LogP contribution in [0.15, 0.2) is 24.3 Å². The first-order valence-electron chi connectivity index (χ1n) is 8.47. The molecule has 3 amide bonds. The van der Waals surface area contributed by atoms with Gasteiger partial charge in [0.1, 0.15) is 5.75 Å². The van der Waals surface area contributed by atoms with E-state index in [-0.39, 0.29) is 17.9 Å². The second-order valence-electron chi connectivity index (χ2n) is 6.52. The number of carbonyl (C=O) groups is 2. The Balaban J connectivity index is 1.86. The van der Waals surface area contributed by atoms with Crippen LogP contribution >= 0.6 is 0 Å². The average molecular weight is 333 g/mol. The molecule has 1 unspecified atom stereocenters. The second kappa shape index (κ2) is 8.57. The first-order chi connectivity index (χ1) is 11.5. The standard InChI is InChI=1S/C18H27N3O3/c1-13(2)17(22)19-11-14-6-5-9-21(12-14)18(23)20-15-7-4-8-16(10-15)24-3/h4,7-8,10,13-14H,5-6,9,11-12H2,1-3H3,(H,19,22)(H,20,23). The number of methoxy groups -OCH3 is 1. The Labute approximate surface area is 143 Å². The molecule has 0 aliphatic carbocycles. The zero-order valence-corrected chi connectivity index (χ0v) is 14.7. The molecular formula is C18H27N3O3. The quantitative estimate of drug-likeness (QED) is 0.870. The van der Waals surface area contributed by atoms with Crippen molar-refractivity contribution in [1.29, 1.82) is 0 Å². The third-order valence-corrected chi connectivity index (χ3v) is 4.22. The summed E-state index contributed by atoms with van der Waals surface area (Å²) in [7, 11) is 1.60. The number of anilines is 1. The van der Waals surface area contributed by atoms with Gasteiger partial charge in [-0.05, 0) is 30.9 Å². The van der Waals surface area contributed by atoms with Crippen molar-refractivity contribution in [2.75, 3.05) is 32.1 Å². The molecular weight excluding hydrogens is 306 g/mol. The van der Waals surface area contributed by atoms with Crippen LogP contribution < -0.4 is 15.4 Å². The molecule has 2 N–H and O–H groups in total. The van der Waals surface area contributed by atoms with Gasteiger partial charge in [0.15, 0.2) is 0 Å². The van der Waals surface area contributed by atoms with Gasteiger partial charge in [0.25, 0.3) is 0 Å². The molecule has 1 atom stereocenters. The lowest BCUT2D eigenvalue weighted by molar-refractivity contribution is -0.124. The van der Waals surface area contributed by atoms with E-state index in [0.717, 1.165) is 25.1 Å². The molecule has 24 heavy (non-hydrogen) atoms. The summed E-state index contributed by atoms with van der Waals surface area (Å²) in [4.78, 5) is 25.9. The van der Waals surface area contributed by atoms with Crippen molar-refractivity contribution in [3.63, 3.8) is 0 Å². The van der Waals surface area contributed by atoms with Crippen LogP contribution in [0.1, 0.15) is 26.7 Å². The van der Waals surface area contributed by atoms with Gasteiger partial charge in [0.2, 0.25) is 5.91 Å². The minimum absolute atomic E-state index is 0.0129. The van der Waals surface area contributed by atoms with Crippen LogP contribution in [-0.2, 0) is 4.79 Å². The number of rotatable bonds is 5. The SMILES string of the molecule is COc1cccc(NC(=O)N2CCCC(CNC(=O)C(C)C)C2)c1. The van der Waals surface area contributed by atoms with Crippen LogP contribution in [-0.4, -0.2) is 43.6 Å². The van der Waals surface area contributed by atoms with Crippen LogP contribution in [0.4, 0.5) is 10.5 Å². The van der Waals surface area contributed by atoms with E-state index >= 15 is 0 Å². The number of carbonyl (C=O) groups excluding carboxylic acids is 2. The first kappa shape index (κ1) is 18.1. The molecule has 0 bridgehead atoms. The van der Waals surface area contributed by atoms with Gasteiger partial charge in [-0.3, -0.25) is 4.79 Å². The largest absolute Gasteiger partial charge is 0.497 e. The number of hydrogen-bond donors (Lipinski definition) is 2. The van der Waals surface area contributed by atoms with Gasteiger partial charge in [-0.15, -0.1) is 0 Å². The van der Waals surface area contributed by atoms with E-state index in [2.05, 4.69) is 10.6 Å². The summed E-state index contributed by atoms with van der Waals surface area (Å²) < 4.78 is 5.17. The number of hydrogen-bond acceptors (Lipinski definition) is 3. The summed E-state index contributed by atoms with van der Waals surface area (Å²) in [5.74, 6) is 1.06. The Morgan fingerprint density at radius 1 is 1.38 bits per heavy atom. The maximum absolute atomic E-state index is 12.4. The molecule has 132 valence electrons. The van der Waals surface area contributed by atoms with E-state index in [9.17, 15) is 9.59 Å². The molecule has 1 heterocycles. The number of nitrogens with one attached hydrogen (secondary N) is 2.